The van der Waals surface area contributed by atoms with Gasteiger partial charge in [0, 0.05) is 44.1 Å². The molecule has 0 saturated carbocycles. The third-order valence-corrected chi connectivity index (χ3v) is 5.45. The van der Waals surface area contributed by atoms with E-state index < -0.39 is 0 Å². The number of urea groups is 1. The van der Waals surface area contributed by atoms with Crippen LogP contribution in [0.5, 0.6) is 0 Å². The number of nitrogens with zero attached hydrogens (tertiary/aromatic N) is 2. The predicted molar refractivity (Wildman–Crippen MR) is 92.8 cm³/mol. The highest BCUT2D eigenvalue weighted by atomic mass is 32.1. The number of ether oxygens (including phenoxy) is 1. The Morgan fingerprint density at radius 1 is 1.48 bits per heavy atom. The Kier molecular flexibility index (Phi) is 5.56. The van der Waals surface area contributed by atoms with Crippen molar-refractivity contribution in [2.24, 2.45) is 5.92 Å². The number of fused-ring (bicyclic) bond motifs is 1. The lowest BCUT2D eigenvalue weighted by Gasteiger charge is -2.34. The lowest BCUT2D eigenvalue weighted by Crippen LogP contribution is -2.50. The maximum Gasteiger partial charge on any atom is 0.317 e. The number of nitrogens with one attached hydrogen (secondary N) is 1. The predicted octanol–water partition coefficient (Wildman–Crippen LogP) is 2.17. The van der Waals surface area contributed by atoms with Gasteiger partial charge in [0.1, 0.15) is 0 Å². The van der Waals surface area contributed by atoms with Crippen molar-refractivity contribution in [3.05, 3.63) is 21.9 Å². The lowest BCUT2D eigenvalue weighted by atomic mass is 10.1. The standard InChI is InChI=1S/C17H27N3O2S/c1-13(2)10-19-6-7-22-15(12-19)9-18-17(21)20-5-3-16-14(11-20)4-8-23-16/h4,8,13,15H,3,5-7,9-12H2,1-2H3,(H,18,21). The van der Waals surface area contributed by atoms with Gasteiger partial charge in [0.25, 0.3) is 0 Å². The number of rotatable bonds is 4. The van der Waals surface area contributed by atoms with Gasteiger partial charge in [0.15, 0.2) is 0 Å². The lowest BCUT2D eigenvalue weighted by molar-refractivity contribution is -0.0294. The van der Waals surface area contributed by atoms with Crippen molar-refractivity contribution in [3.63, 3.8) is 0 Å². The Bertz CT molecular complexity index is 532. The highest BCUT2D eigenvalue weighted by molar-refractivity contribution is 7.10. The molecule has 128 valence electrons. The van der Waals surface area contributed by atoms with Crippen molar-refractivity contribution < 1.29 is 9.53 Å². The van der Waals surface area contributed by atoms with E-state index in [4.69, 9.17) is 4.74 Å². The van der Waals surface area contributed by atoms with Gasteiger partial charge in [-0.15, -0.1) is 11.3 Å². The summed E-state index contributed by atoms with van der Waals surface area (Å²) >= 11 is 1.80. The van der Waals surface area contributed by atoms with Crippen molar-refractivity contribution >= 4 is 17.4 Å². The van der Waals surface area contributed by atoms with Crippen molar-refractivity contribution in [1.29, 1.82) is 0 Å². The summed E-state index contributed by atoms with van der Waals surface area (Å²) in [4.78, 5) is 18.1. The largest absolute Gasteiger partial charge is 0.374 e. The zero-order chi connectivity index (χ0) is 16.2. The first-order valence-corrected chi connectivity index (χ1v) is 9.41. The Balaban J connectivity index is 1.44. The zero-order valence-electron chi connectivity index (χ0n) is 14.1. The average Bonchev–Trinajstić information content (AvgIpc) is 3.00. The quantitative estimate of drug-likeness (QED) is 0.916. The fraction of sp³-hybridized carbons (Fsp3) is 0.706. The van der Waals surface area contributed by atoms with E-state index in [1.165, 1.54) is 10.4 Å². The summed E-state index contributed by atoms with van der Waals surface area (Å²) in [6.45, 7) is 10.4. The molecule has 1 N–H and O–H groups in total. The van der Waals surface area contributed by atoms with Gasteiger partial charge in [-0.1, -0.05) is 13.8 Å². The van der Waals surface area contributed by atoms with E-state index in [2.05, 4.69) is 35.5 Å². The van der Waals surface area contributed by atoms with E-state index in [-0.39, 0.29) is 12.1 Å². The van der Waals surface area contributed by atoms with Gasteiger partial charge in [0.2, 0.25) is 0 Å². The number of amides is 2. The van der Waals surface area contributed by atoms with Crippen molar-refractivity contribution in [2.75, 3.05) is 39.3 Å². The number of thiophene rings is 1. The molecule has 0 bridgehead atoms. The van der Waals surface area contributed by atoms with Gasteiger partial charge in [-0.2, -0.15) is 0 Å². The third-order valence-electron chi connectivity index (χ3n) is 4.42. The van der Waals surface area contributed by atoms with Crippen LogP contribution < -0.4 is 5.32 Å². The monoisotopic (exact) mass is 337 g/mol. The smallest absolute Gasteiger partial charge is 0.317 e. The van der Waals surface area contributed by atoms with Gasteiger partial charge in [-0.3, -0.25) is 4.90 Å². The maximum atomic E-state index is 12.4. The Morgan fingerprint density at radius 2 is 2.35 bits per heavy atom. The summed E-state index contributed by atoms with van der Waals surface area (Å²) in [6.07, 6.45) is 1.08. The van der Waals surface area contributed by atoms with Gasteiger partial charge in [0.05, 0.1) is 12.7 Å². The number of morpholine rings is 1. The van der Waals surface area contributed by atoms with E-state index in [0.29, 0.717) is 12.5 Å². The summed E-state index contributed by atoms with van der Waals surface area (Å²) in [5.74, 6) is 0.663. The third kappa shape index (κ3) is 4.46. The second-order valence-electron chi connectivity index (χ2n) is 6.87. The van der Waals surface area contributed by atoms with Crippen LogP contribution in [0.1, 0.15) is 24.3 Å². The normalized spacial score (nSPS) is 22.2. The van der Waals surface area contributed by atoms with Crippen molar-refractivity contribution in [3.8, 4) is 0 Å². The molecule has 23 heavy (non-hydrogen) atoms. The molecule has 0 radical (unpaired) electrons. The summed E-state index contributed by atoms with van der Waals surface area (Å²) < 4.78 is 5.80. The second-order valence-corrected chi connectivity index (χ2v) is 7.87. The second kappa shape index (κ2) is 7.64. The molecule has 1 unspecified atom stereocenters. The van der Waals surface area contributed by atoms with E-state index in [0.717, 1.165) is 45.8 Å². The highest BCUT2D eigenvalue weighted by Crippen LogP contribution is 2.23. The molecule has 3 heterocycles. The van der Waals surface area contributed by atoms with Crippen LogP contribution in [0.4, 0.5) is 4.79 Å². The zero-order valence-corrected chi connectivity index (χ0v) is 14.9. The van der Waals surface area contributed by atoms with Crippen LogP contribution in [0.3, 0.4) is 0 Å². The molecule has 0 spiro atoms. The van der Waals surface area contributed by atoms with Crippen molar-refractivity contribution in [2.45, 2.75) is 32.9 Å². The van der Waals surface area contributed by atoms with Gasteiger partial charge in [-0.25, -0.2) is 4.79 Å². The minimum Gasteiger partial charge on any atom is -0.374 e. The van der Waals surface area contributed by atoms with Gasteiger partial charge >= 0.3 is 6.03 Å². The number of hydrogen-bond donors (Lipinski definition) is 1. The van der Waals surface area contributed by atoms with E-state index in [1.54, 1.807) is 11.3 Å². The molecule has 1 saturated heterocycles. The minimum absolute atomic E-state index is 0.0337. The molecule has 1 fully saturated rings. The molecule has 1 atom stereocenters. The highest BCUT2D eigenvalue weighted by Gasteiger charge is 2.24. The Morgan fingerprint density at radius 3 is 3.17 bits per heavy atom. The molecule has 1 aromatic heterocycles. The van der Waals surface area contributed by atoms with Crippen LogP contribution in [0, 0.1) is 5.92 Å². The number of carbonyl (C=O) groups is 1. The molecule has 2 aliphatic rings. The molecule has 0 aliphatic carbocycles. The molecule has 1 aromatic rings. The van der Waals surface area contributed by atoms with Crippen LogP contribution in [0.15, 0.2) is 11.4 Å². The van der Waals surface area contributed by atoms with Crippen molar-refractivity contribution in [1.82, 2.24) is 15.1 Å². The van der Waals surface area contributed by atoms with Crippen LogP contribution in [-0.4, -0.2) is 61.3 Å². The Hall–Kier alpha value is -1.11. The van der Waals surface area contributed by atoms with E-state index in [9.17, 15) is 4.79 Å². The fourth-order valence-corrected chi connectivity index (χ4v) is 4.21. The SMILES string of the molecule is CC(C)CN1CCOC(CNC(=O)N2CCc3sccc3C2)C1. The minimum atomic E-state index is 0.0337. The Labute approximate surface area is 142 Å². The van der Waals surface area contributed by atoms with Crippen LogP contribution in [-0.2, 0) is 17.7 Å². The fourth-order valence-electron chi connectivity index (χ4n) is 3.32. The molecular formula is C17H27N3O2S. The first-order chi connectivity index (χ1) is 11.1. The average molecular weight is 337 g/mol. The van der Waals surface area contributed by atoms with Gasteiger partial charge < -0.3 is 15.0 Å². The van der Waals surface area contributed by atoms with Crippen LogP contribution in [0.25, 0.3) is 0 Å². The van der Waals surface area contributed by atoms with Crippen LogP contribution in [0.2, 0.25) is 0 Å². The summed E-state index contributed by atoms with van der Waals surface area (Å²) in [6, 6.07) is 2.17. The molecule has 2 aliphatic heterocycles. The molecular weight excluding hydrogens is 310 g/mol. The number of carbonyl (C=O) groups excluding carboxylic acids is 1. The van der Waals surface area contributed by atoms with E-state index >= 15 is 0 Å². The number of hydrogen-bond acceptors (Lipinski definition) is 4. The molecule has 0 aromatic carbocycles. The summed E-state index contributed by atoms with van der Waals surface area (Å²) in [5.41, 5.74) is 1.30. The van der Waals surface area contributed by atoms with Crippen LogP contribution >= 0.6 is 11.3 Å². The van der Waals surface area contributed by atoms with Gasteiger partial charge in [-0.05, 0) is 29.3 Å². The molecule has 2 amide bonds. The van der Waals surface area contributed by atoms with E-state index in [1.807, 2.05) is 4.90 Å². The first-order valence-electron chi connectivity index (χ1n) is 8.54. The molecule has 6 heteroatoms. The molecule has 5 nitrogen and oxygen atoms in total. The first kappa shape index (κ1) is 16.7. The summed E-state index contributed by atoms with van der Waals surface area (Å²) in [5, 5.41) is 5.17. The maximum absolute atomic E-state index is 12.4. The molecule has 3 rings (SSSR count). The summed E-state index contributed by atoms with van der Waals surface area (Å²) in [7, 11) is 0. The topological polar surface area (TPSA) is 44.8 Å².